The molecule has 0 bridgehead atoms. The van der Waals surface area contributed by atoms with Crippen LogP contribution in [0, 0.1) is 0 Å². The maximum Gasteiger partial charge on any atom is 0.0728 e. The predicted molar refractivity (Wildman–Crippen MR) is 104 cm³/mol. The van der Waals surface area contributed by atoms with E-state index in [1.165, 1.54) is 5.56 Å². The van der Waals surface area contributed by atoms with E-state index in [2.05, 4.69) is 57.0 Å². The van der Waals surface area contributed by atoms with Gasteiger partial charge in [0.1, 0.15) is 0 Å². The number of hydrogen-bond acceptors (Lipinski definition) is 3. The second-order valence-corrected chi connectivity index (χ2v) is 7.58. The van der Waals surface area contributed by atoms with Crippen LogP contribution in [0.25, 0.3) is 0 Å². The van der Waals surface area contributed by atoms with Crippen molar-refractivity contribution in [3.63, 3.8) is 0 Å². The molecule has 1 saturated heterocycles. The van der Waals surface area contributed by atoms with Gasteiger partial charge in [-0.25, -0.2) is 0 Å². The average Bonchev–Trinajstić information content (AvgIpc) is 2.45. The fourth-order valence-corrected chi connectivity index (χ4v) is 3.72. The highest BCUT2D eigenvalue weighted by atomic mass is 79.9. The van der Waals surface area contributed by atoms with E-state index in [0.29, 0.717) is 0 Å². The summed E-state index contributed by atoms with van der Waals surface area (Å²) in [5.41, 5.74) is 0.788. The first-order valence-corrected chi connectivity index (χ1v) is 8.75. The van der Waals surface area contributed by atoms with E-state index in [1.807, 2.05) is 0 Å². The SMILES string of the molecule is CN1CCN(CC(c2ccc(Br)cc2)C2(O)CCC2)CC1.Cl.Cl. The number of nitrogens with zero attached hydrogens (tertiary/aromatic N) is 2. The number of halogens is 3. The fraction of sp³-hybridized carbons (Fsp3) is 0.647. The molecule has 1 aliphatic carbocycles. The van der Waals surface area contributed by atoms with Gasteiger partial charge in [-0.05, 0) is 44.0 Å². The van der Waals surface area contributed by atoms with Gasteiger partial charge in [0.05, 0.1) is 5.60 Å². The van der Waals surface area contributed by atoms with Crippen LogP contribution < -0.4 is 0 Å². The first kappa shape index (κ1) is 21.2. The molecule has 3 rings (SSSR count). The normalized spacial score (nSPS) is 22.4. The monoisotopic (exact) mass is 424 g/mol. The van der Waals surface area contributed by atoms with Crippen LogP contribution in [0.5, 0.6) is 0 Å². The van der Waals surface area contributed by atoms with Crippen molar-refractivity contribution in [2.45, 2.75) is 30.8 Å². The molecule has 1 aliphatic heterocycles. The zero-order valence-corrected chi connectivity index (χ0v) is 16.8. The van der Waals surface area contributed by atoms with Crippen LogP contribution >= 0.6 is 40.7 Å². The molecule has 23 heavy (non-hydrogen) atoms. The maximum atomic E-state index is 10.9. The zero-order chi connectivity index (χ0) is 14.9. The summed E-state index contributed by atoms with van der Waals surface area (Å²) in [6.45, 7) is 5.46. The van der Waals surface area contributed by atoms with Gasteiger partial charge in [-0.1, -0.05) is 28.1 Å². The van der Waals surface area contributed by atoms with Crippen molar-refractivity contribution in [1.29, 1.82) is 0 Å². The second kappa shape index (κ2) is 9.02. The summed E-state index contributed by atoms with van der Waals surface area (Å²) < 4.78 is 1.10. The number of likely N-dealkylation sites (N-methyl/N-ethyl adjacent to an activating group) is 1. The number of piperazine rings is 1. The van der Waals surface area contributed by atoms with Crippen LogP contribution in [0.1, 0.15) is 30.7 Å². The summed E-state index contributed by atoms with van der Waals surface area (Å²) in [4.78, 5) is 4.90. The summed E-state index contributed by atoms with van der Waals surface area (Å²) in [7, 11) is 2.18. The predicted octanol–water partition coefficient (Wildman–Crippen LogP) is 3.54. The van der Waals surface area contributed by atoms with Gasteiger partial charge in [-0.2, -0.15) is 0 Å². The Balaban J connectivity index is 0.00000132. The Morgan fingerprint density at radius 1 is 1.09 bits per heavy atom. The molecule has 1 saturated carbocycles. The van der Waals surface area contributed by atoms with Gasteiger partial charge in [0.15, 0.2) is 0 Å². The summed E-state index contributed by atoms with van der Waals surface area (Å²) in [5, 5.41) is 10.9. The highest BCUT2D eigenvalue weighted by Crippen LogP contribution is 2.44. The lowest BCUT2D eigenvalue weighted by atomic mass is 9.68. The van der Waals surface area contributed by atoms with Gasteiger partial charge >= 0.3 is 0 Å². The van der Waals surface area contributed by atoms with Crippen LogP contribution in [0.15, 0.2) is 28.7 Å². The summed E-state index contributed by atoms with van der Waals surface area (Å²) in [6, 6.07) is 8.52. The van der Waals surface area contributed by atoms with Gasteiger partial charge in [-0.3, -0.25) is 0 Å². The zero-order valence-electron chi connectivity index (χ0n) is 13.6. The van der Waals surface area contributed by atoms with Crippen molar-refractivity contribution < 1.29 is 5.11 Å². The van der Waals surface area contributed by atoms with Gasteiger partial charge in [0.25, 0.3) is 0 Å². The summed E-state index contributed by atoms with van der Waals surface area (Å²) in [5.74, 6) is 0.239. The highest BCUT2D eigenvalue weighted by molar-refractivity contribution is 9.10. The smallest absolute Gasteiger partial charge is 0.0728 e. The number of rotatable bonds is 4. The summed E-state index contributed by atoms with van der Waals surface area (Å²) in [6.07, 6.45) is 3.05. The molecule has 1 heterocycles. The molecule has 6 heteroatoms. The lowest BCUT2D eigenvalue weighted by molar-refractivity contribution is -0.0665. The van der Waals surface area contributed by atoms with Crippen molar-refractivity contribution in [3.05, 3.63) is 34.3 Å². The molecule has 1 atom stereocenters. The van der Waals surface area contributed by atoms with Crippen molar-refractivity contribution in [2.24, 2.45) is 0 Å². The second-order valence-electron chi connectivity index (χ2n) is 6.67. The molecule has 0 radical (unpaired) electrons. The lowest BCUT2D eigenvalue weighted by Gasteiger charge is -2.46. The Morgan fingerprint density at radius 2 is 1.65 bits per heavy atom. The molecule has 0 aromatic heterocycles. The third-order valence-electron chi connectivity index (χ3n) is 5.18. The Hall–Kier alpha value is 0.160. The Morgan fingerprint density at radius 3 is 2.13 bits per heavy atom. The van der Waals surface area contributed by atoms with Gasteiger partial charge in [0, 0.05) is 43.1 Å². The van der Waals surface area contributed by atoms with Crippen molar-refractivity contribution in [2.75, 3.05) is 39.8 Å². The molecule has 2 fully saturated rings. The van der Waals surface area contributed by atoms with Crippen molar-refractivity contribution in [3.8, 4) is 0 Å². The summed E-state index contributed by atoms with van der Waals surface area (Å²) >= 11 is 3.50. The third-order valence-corrected chi connectivity index (χ3v) is 5.71. The Labute approximate surface area is 160 Å². The molecule has 1 unspecified atom stereocenters. The maximum absolute atomic E-state index is 10.9. The molecule has 0 spiro atoms. The van der Waals surface area contributed by atoms with E-state index in [-0.39, 0.29) is 30.7 Å². The van der Waals surface area contributed by atoms with Crippen molar-refractivity contribution in [1.82, 2.24) is 9.80 Å². The highest BCUT2D eigenvalue weighted by Gasteiger charge is 2.43. The van der Waals surface area contributed by atoms with E-state index in [0.717, 1.165) is 56.5 Å². The average molecular weight is 426 g/mol. The van der Waals surface area contributed by atoms with E-state index in [4.69, 9.17) is 0 Å². The van der Waals surface area contributed by atoms with Gasteiger partial charge in [-0.15, -0.1) is 24.8 Å². The Kier molecular flexibility index (Phi) is 8.32. The minimum atomic E-state index is -0.489. The van der Waals surface area contributed by atoms with Crippen LogP contribution in [0.4, 0.5) is 0 Å². The molecule has 1 aromatic carbocycles. The largest absolute Gasteiger partial charge is 0.389 e. The fourth-order valence-electron chi connectivity index (χ4n) is 3.46. The molecule has 0 amide bonds. The first-order valence-electron chi connectivity index (χ1n) is 7.96. The molecular weight excluding hydrogens is 399 g/mol. The van der Waals surface area contributed by atoms with Crippen LogP contribution in [-0.4, -0.2) is 60.3 Å². The number of hydrogen-bond donors (Lipinski definition) is 1. The number of benzene rings is 1. The van der Waals surface area contributed by atoms with Gasteiger partial charge in [0.2, 0.25) is 0 Å². The van der Waals surface area contributed by atoms with E-state index in [9.17, 15) is 5.11 Å². The van der Waals surface area contributed by atoms with Crippen molar-refractivity contribution >= 4 is 40.7 Å². The van der Waals surface area contributed by atoms with E-state index >= 15 is 0 Å². The number of aliphatic hydroxyl groups is 1. The quantitative estimate of drug-likeness (QED) is 0.798. The minimum absolute atomic E-state index is 0. The lowest BCUT2D eigenvalue weighted by Crippen LogP contribution is -2.51. The molecular formula is C17H27BrCl2N2O. The first-order chi connectivity index (χ1) is 10.1. The van der Waals surface area contributed by atoms with Crippen LogP contribution in [0.2, 0.25) is 0 Å². The van der Waals surface area contributed by atoms with E-state index in [1.54, 1.807) is 0 Å². The molecule has 132 valence electrons. The Bertz CT molecular complexity index is 474. The molecule has 1 N–H and O–H groups in total. The molecule has 2 aliphatic rings. The van der Waals surface area contributed by atoms with Crippen LogP contribution in [-0.2, 0) is 0 Å². The third kappa shape index (κ3) is 5.07. The van der Waals surface area contributed by atoms with Gasteiger partial charge < -0.3 is 14.9 Å². The standard InChI is InChI=1S/C17H25BrN2O.2ClH/c1-19-9-11-20(12-10-19)13-16(17(21)7-2-8-17)14-3-5-15(18)6-4-14;;/h3-6,16,21H,2,7-13H2,1H3;2*1H. The molecule has 1 aromatic rings. The minimum Gasteiger partial charge on any atom is -0.389 e. The van der Waals surface area contributed by atoms with E-state index < -0.39 is 5.60 Å². The topological polar surface area (TPSA) is 26.7 Å². The molecule has 3 nitrogen and oxygen atoms in total. The van der Waals surface area contributed by atoms with Crippen LogP contribution in [0.3, 0.4) is 0 Å².